The van der Waals surface area contributed by atoms with Gasteiger partial charge in [0.1, 0.15) is 11.6 Å². The van der Waals surface area contributed by atoms with Crippen molar-refractivity contribution in [1.82, 2.24) is 15.2 Å². The predicted molar refractivity (Wildman–Crippen MR) is 75.2 cm³/mol. The highest BCUT2D eigenvalue weighted by Gasteiger charge is 2.57. The molecule has 2 aromatic rings. The Morgan fingerprint density at radius 1 is 1.22 bits per heavy atom. The maximum Gasteiger partial charge on any atom is 0.419 e. The number of fused-ring (bicyclic) bond motifs is 1. The van der Waals surface area contributed by atoms with Crippen molar-refractivity contribution in [3.05, 3.63) is 29.6 Å². The number of ketones is 1. The van der Waals surface area contributed by atoms with Gasteiger partial charge in [-0.15, -0.1) is 0 Å². The Bertz CT molecular complexity index is 784. The third kappa shape index (κ3) is 2.29. The van der Waals surface area contributed by atoms with Crippen LogP contribution in [0.2, 0.25) is 0 Å². The predicted octanol–water partition coefficient (Wildman–Crippen LogP) is 2.77. The van der Waals surface area contributed by atoms with Crippen molar-refractivity contribution in [2.75, 3.05) is 5.73 Å². The molecule has 0 aliphatic heterocycles. The quantitative estimate of drug-likeness (QED) is 0.890. The summed E-state index contributed by atoms with van der Waals surface area (Å²) in [5, 5.41) is 6.97. The highest BCUT2D eigenvalue weighted by atomic mass is 19.4. The van der Waals surface area contributed by atoms with Crippen LogP contribution >= 0.6 is 0 Å². The van der Waals surface area contributed by atoms with Crippen LogP contribution in [0.1, 0.15) is 30.0 Å². The zero-order valence-corrected chi connectivity index (χ0v) is 11.9. The molecule has 2 saturated carbocycles. The van der Waals surface area contributed by atoms with Crippen LogP contribution in [0.5, 0.6) is 0 Å². The topological polar surface area (TPSA) is 84.7 Å². The summed E-state index contributed by atoms with van der Waals surface area (Å²) in [5.41, 5.74) is 5.86. The Morgan fingerprint density at radius 2 is 1.91 bits per heavy atom. The lowest BCUT2D eigenvalue weighted by Gasteiger charge is -2.09. The number of halogens is 3. The summed E-state index contributed by atoms with van der Waals surface area (Å²) in [6.07, 6.45) is -2.10. The number of H-pyrrole nitrogens is 1. The Morgan fingerprint density at radius 3 is 2.57 bits per heavy atom. The van der Waals surface area contributed by atoms with Gasteiger partial charge in [-0.1, -0.05) is 0 Å². The fraction of sp³-hybridized carbons (Fsp3) is 0.400. The second-order valence-electron chi connectivity index (χ2n) is 6.16. The maximum atomic E-state index is 12.9. The third-order valence-electron chi connectivity index (χ3n) is 4.73. The van der Waals surface area contributed by atoms with E-state index in [1.807, 2.05) is 0 Å². The number of rotatable bonds is 2. The number of aromatic nitrogens is 3. The molecule has 8 heteroatoms. The summed E-state index contributed by atoms with van der Waals surface area (Å²) in [5.74, 6) is 0.704. The van der Waals surface area contributed by atoms with E-state index in [4.69, 9.17) is 5.73 Å². The van der Waals surface area contributed by atoms with Gasteiger partial charge < -0.3 is 5.73 Å². The number of carbonyl (C=O) groups is 1. The normalized spacial score (nSPS) is 26.4. The molecular formula is C15H13F3N4O. The fourth-order valence-corrected chi connectivity index (χ4v) is 3.57. The first-order valence-electron chi connectivity index (χ1n) is 7.24. The number of pyridine rings is 1. The van der Waals surface area contributed by atoms with Crippen LogP contribution in [-0.2, 0) is 11.0 Å². The molecule has 2 aliphatic carbocycles. The van der Waals surface area contributed by atoms with Crippen LogP contribution < -0.4 is 5.73 Å². The summed E-state index contributed by atoms with van der Waals surface area (Å²) in [4.78, 5) is 14.9. The first kappa shape index (κ1) is 14.2. The molecule has 0 bridgehead atoms. The molecule has 2 heterocycles. The number of anilines is 1. The SMILES string of the molecule is Nc1ncc(-c2cc(C3[C@H]4CC(=O)C[C@@H]34)[nH]n2)cc1C(F)(F)F. The molecule has 120 valence electrons. The molecule has 5 nitrogen and oxygen atoms in total. The van der Waals surface area contributed by atoms with Crippen molar-refractivity contribution in [3.8, 4) is 11.3 Å². The van der Waals surface area contributed by atoms with Crippen molar-refractivity contribution in [3.63, 3.8) is 0 Å². The summed E-state index contributed by atoms with van der Waals surface area (Å²) < 4.78 is 38.7. The van der Waals surface area contributed by atoms with E-state index in [1.165, 1.54) is 6.20 Å². The lowest BCUT2D eigenvalue weighted by atomic mass is 10.1. The number of nitrogens with one attached hydrogen (secondary N) is 1. The van der Waals surface area contributed by atoms with Crippen molar-refractivity contribution in [2.24, 2.45) is 11.8 Å². The van der Waals surface area contributed by atoms with Gasteiger partial charge in [-0.25, -0.2) is 4.98 Å². The summed E-state index contributed by atoms with van der Waals surface area (Å²) in [6, 6.07) is 2.69. The number of nitrogen functional groups attached to an aromatic ring is 1. The minimum absolute atomic E-state index is 0.260. The van der Waals surface area contributed by atoms with Crippen LogP contribution in [0.3, 0.4) is 0 Å². The van der Waals surface area contributed by atoms with Gasteiger partial charge in [-0.2, -0.15) is 18.3 Å². The van der Waals surface area contributed by atoms with Gasteiger partial charge >= 0.3 is 6.18 Å². The zero-order valence-electron chi connectivity index (χ0n) is 11.9. The van der Waals surface area contributed by atoms with Gasteiger partial charge in [0.15, 0.2) is 0 Å². The molecule has 1 unspecified atom stereocenters. The molecule has 0 amide bonds. The smallest absolute Gasteiger partial charge is 0.383 e. The molecule has 0 aromatic carbocycles. The van der Waals surface area contributed by atoms with E-state index >= 15 is 0 Å². The number of nitrogens with zero attached hydrogens (tertiary/aromatic N) is 2. The molecule has 2 aromatic heterocycles. The van der Waals surface area contributed by atoms with E-state index in [1.54, 1.807) is 6.07 Å². The number of alkyl halides is 3. The van der Waals surface area contributed by atoms with Crippen molar-refractivity contribution >= 4 is 11.6 Å². The summed E-state index contributed by atoms with van der Waals surface area (Å²) >= 11 is 0. The van der Waals surface area contributed by atoms with Crippen molar-refractivity contribution in [1.29, 1.82) is 0 Å². The molecule has 23 heavy (non-hydrogen) atoms. The monoisotopic (exact) mass is 322 g/mol. The van der Waals surface area contributed by atoms with Gasteiger partial charge in [0.05, 0.1) is 11.3 Å². The van der Waals surface area contributed by atoms with E-state index < -0.39 is 17.6 Å². The Balaban J connectivity index is 1.62. The van der Waals surface area contributed by atoms with Gasteiger partial charge in [0.25, 0.3) is 0 Å². The van der Waals surface area contributed by atoms with Crippen LogP contribution in [0.25, 0.3) is 11.3 Å². The molecule has 3 N–H and O–H groups in total. The first-order chi connectivity index (χ1) is 10.8. The first-order valence-corrected chi connectivity index (χ1v) is 7.24. The maximum absolute atomic E-state index is 12.9. The molecule has 0 spiro atoms. The van der Waals surface area contributed by atoms with E-state index in [-0.39, 0.29) is 17.3 Å². The minimum Gasteiger partial charge on any atom is -0.383 e. The van der Waals surface area contributed by atoms with Crippen LogP contribution in [0, 0.1) is 11.8 Å². The van der Waals surface area contributed by atoms with Crippen LogP contribution in [0.15, 0.2) is 18.3 Å². The van der Waals surface area contributed by atoms with E-state index in [9.17, 15) is 18.0 Å². The van der Waals surface area contributed by atoms with Crippen molar-refractivity contribution < 1.29 is 18.0 Å². The lowest BCUT2D eigenvalue weighted by Crippen LogP contribution is -2.10. The van der Waals surface area contributed by atoms with E-state index in [0.717, 1.165) is 11.8 Å². The highest BCUT2D eigenvalue weighted by molar-refractivity contribution is 5.83. The second kappa shape index (κ2) is 4.56. The van der Waals surface area contributed by atoms with Gasteiger partial charge in [-0.05, 0) is 24.0 Å². The minimum atomic E-state index is -4.56. The second-order valence-corrected chi connectivity index (χ2v) is 6.16. The van der Waals surface area contributed by atoms with Gasteiger partial charge in [0, 0.05) is 36.2 Å². The summed E-state index contributed by atoms with van der Waals surface area (Å²) in [7, 11) is 0. The number of nitrogens with two attached hydrogens (primary N) is 1. The standard InChI is InChI=1S/C15H13F3N4O/c16-15(17,18)10-1-6(5-20-14(10)19)11-4-12(22-21-11)13-8-2-7(23)3-9(8)13/h1,4-5,8-9,13H,2-3H2,(H2,19,20)(H,21,22)/t8-,9+,13?. The Hall–Kier alpha value is -2.38. The number of Topliss-reactive ketones (excluding diaryl/α,β-unsaturated/α-hetero) is 1. The average Bonchev–Trinajstić information content (AvgIpc) is 2.87. The van der Waals surface area contributed by atoms with Crippen LogP contribution in [0.4, 0.5) is 19.0 Å². The number of hydrogen-bond donors (Lipinski definition) is 2. The summed E-state index contributed by atoms with van der Waals surface area (Å²) in [6.45, 7) is 0. The molecule has 0 saturated heterocycles. The van der Waals surface area contributed by atoms with E-state index in [2.05, 4.69) is 15.2 Å². The number of hydrogen-bond acceptors (Lipinski definition) is 4. The molecule has 2 aliphatic rings. The molecular weight excluding hydrogens is 309 g/mol. The lowest BCUT2D eigenvalue weighted by molar-refractivity contribution is -0.137. The van der Waals surface area contributed by atoms with Gasteiger partial charge in [0.2, 0.25) is 0 Å². The number of carbonyl (C=O) groups excluding carboxylic acids is 1. The third-order valence-corrected chi connectivity index (χ3v) is 4.73. The van der Waals surface area contributed by atoms with E-state index in [0.29, 0.717) is 30.4 Å². The molecule has 0 radical (unpaired) electrons. The molecule has 3 atom stereocenters. The van der Waals surface area contributed by atoms with Crippen molar-refractivity contribution in [2.45, 2.75) is 24.9 Å². The number of aromatic amines is 1. The Kier molecular flexibility index (Phi) is 2.82. The molecule has 4 rings (SSSR count). The Labute approximate surface area is 129 Å². The fourth-order valence-electron chi connectivity index (χ4n) is 3.57. The largest absolute Gasteiger partial charge is 0.419 e. The average molecular weight is 322 g/mol. The van der Waals surface area contributed by atoms with Crippen LogP contribution in [-0.4, -0.2) is 21.0 Å². The van der Waals surface area contributed by atoms with Gasteiger partial charge in [-0.3, -0.25) is 9.89 Å². The highest BCUT2D eigenvalue weighted by Crippen LogP contribution is 2.61. The molecule has 2 fully saturated rings. The zero-order chi connectivity index (χ0) is 16.4.